The van der Waals surface area contributed by atoms with Crippen molar-refractivity contribution in [1.82, 2.24) is 19.5 Å². The van der Waals surface area contributed by atoms with E-state index >= 15 is 0 Å². The number of rotatable bonds is 5. The lowest BCUT2D eigenvalue weighted by Gasteiger charge is -2.39. The average molecular weight is 390 g/mol. The van der Waals surface area contributed by atoms with Crippen molar-refractivity contribution >= 4 is 28.0 Å². The Labute approximate surface area is 167 Å². The van der Waals surface area contributed by atoms with Crippen LogP contribution >= 0.6 is 0 Å². The van der Waals surface area contributed by atoms with Crippen molar-refractivity contribution in [2.45, 2.75) is 31.8 Å². The molecule has 3 heterocycles. The Morgan fingerprint density at radius 2 is 2.07 bits per heavy atom. The third kappa shape index (κ3) is 2.85. The lowest BCUT2D eigenvalue weighted by molar-refractivity contribution is -0.169. The molecule has 1 fully saturated rings. The number of fused-ring (bicyclic) bond motifs is 2. The Kier molecular flexibility index (Phi) is 4.04. The van der Waals surface area contributed by atoms with Crippen molar-refractivity contribution in [1.29, 1.82) is 0 Å². The van der Waals surface area contributed by atoms with E-state index in [1.54, 1.807) is 12.4 Å². The fourth-order valence-electron chi connectivity index (χ4n) is 3.98. The number of hydrogen-bond donors (Lipinski definition) is 1. The summed E-state index contributed by atoms with van der Waals surface area (Å²) in [5.41, 5.74) is 3.77. The molecule has 1 N–H and O–H groups in total. The van der Waals surface area contributed by atoms with Crippen LogP contribution in [-0.4, -0.2) is 37.7 Å². The fraction of sp³-hybridized carbons (Fsp3) is 0.318. The predicted octanol–water partition coefficient (Wildman–Crippen LogP) is 3.98. The van der Waals surface area contributed by atoms with E-state index in [4.69, 9.17) is 9.47 Å². The molecule has 7 nitrogen and oxygen atoms in total. The number of benzene rings is 1. The highest BCUT2D eigenvalue weighted by molar-refractivity contribution is 5.98. The fourth-order valence-corrected chi connectivity index (χ4v) is 3.98. The smallest absolute Gasteiger partial charge is 0.350 e. The van der Waals surface area contributed by atoms with Crippen molar-refractivity contribution in [2.75, 3.05) is 6.61 Å². The molecule has 4 aromatic rings. The van der Waals surface area contributed by atoms with Crippen LogP contribution in [0, 0.1) is 0 Å². The molecule has 148 valence electrons. The highest BCUT2D eigenvalue weighted by Crippen LogP contribution is 2.40. The first-order valence-corrected chi connectivity index (χ1v) is 9.85. The Morgan fingerprint density at radius 3 is 2.79 bits per heavy atom. The summed E-state index contributed by atoms with van der Waals surface area (Å²) >= 11 is 0. The Hall–Kier alpha value is -3.35. The first kappa shape index (κ1) is 17.7. The molecular formula is C22H22N4O3. The number of ether oxygens (including phenoxy) is 2. The molecule has 1 aliphatic carbocycles. The summed E-state index contributed by atoms with van der Waals surface area (Å²) in [4.78, 5) is 24.5. The number of nitrogens with zero attached hydrogens (tertiary/aromatic N) is 3. The van der Waals surface area contributed by atoms with E-state index in [0.717, 1.165) is 39.7 Å². The molecule has 1 aliphatic rings. The molecule has 29 heavy (non-hydrogen) atoms. The van der Waals surface area contributed by atoms with Gasteiger partial charge in [-0.05, 0) is 50.5 Å². The molecule has 0 aliphatic heterocycles. The third-order valence-corrected chi connectivity index (χ3v) is 5.63. The van der Waals surface area contributed by atoms with Gasteiger partial charge in [-0.1, -0.05) is 0 Å². The summed E-state index contributed by atoms with van der Waals surface area (Å²) in [5.74, 6) is 0.400. The van der Waals surface area contributed by atoms with Gasteiger partial charge in [0.05, 0.1) is 12.3 Å². The molecule has 5 rings (SSSR count). The zero-order chi connectivity index (χ0) is 20.0. The van der Waals surface area contributed by atoms with E-state index in [9.17, 15) is 4.79 Å². The van der Waals surface area contributed by atoms with Crippen LogP contribution < -0.4 is 4.74 Å². The lowest BCUT2D eigenvalue weighted by Crippen LogP contribution is -2.51. The molecule has 0 unspecified atom stereocenters. The topological polar surface area (TPSA) is 82.0 Å². The average Bonchev–Trinajstić information content (AvgIpc) is 3.25. The minimum Gasteiger partial charge on any atom is -0.476 e. The van der Waals surface area contributed by atoms with Gasteiger partial charge in [-0.3, -0.25) is 4.98 Å². The molecule has 0 amide bonds. The Balaban J connectivity index is 1.56. The minimum atomic E-state index is -0.854. The molecule has 0 saturated heterocycles. The monoisotopic (exact) mass is 390 g/mol. The summed E-state index contributed by atoms with van der Waals surface area (Å²) in [7, 11) is 2.01. The molecule has 0 bridgehead atoms. The standard InChI is InChI=1S/C22H22N4O3/c1-3-28-21(27)22(7-4-8-22)29-14-5-6-19-15(11-14)16(13-26(19)2)17-12-18-20(25-17)24-10-9-23-18/h5-6,9-13H,3-4,7-8H2,1-2H3,(H,24,25). The summed E-state index contributed by atoms with van der Waals surface area (Å²) in [6.45, 7) is 2.17. The van der Waals surface area contributed by atoms with Gasteiger partial charge in [0.25, 0.3) is 0 Å². The van der Waals surface area contributed by atoms with Crippen LogP contribution in [0.3, 0.4) is 0 Å². The first-order valence-electron chi connectivity index (χ1n) is 9.85. The summed E-state index contributed by atoms with van der Waals surface area (Å²) < 4.78 is 13.5. The molecular weight excluding hydrogens is 368 g/mol. The highest BCUT2D eigenvalue weighted by atomic mass is 16.6. The van der Waals surface area contributed by atoms with Gasteiger partial charge in [-0.25, -0.2) is 9.78 Å². The van der Waals surface area contributed by atoms with Crippen LogP contribution in [0.4, 0.5) is 0 Å². The molecule has 3 aromatic heterocycles. The number of aryl methyl sites for hydroxylation is 1. The van der Waals surface area contributed by atoms with Crippen molar-refractivity contribution in [3.63, 3.8) is 0 Å². The number of hydrogen-bond acceptors (Lipinski definition) is 5. The number of nitrogens with one attached hydrogen (secondary N) is 1. The predicted molar refractivity (Wildman–Crippen MR) is 110 cm³/mol. The van der Waals surface area contributed by atoms with E-state index < -0.39 is 5.60 Å². The van der Waals surface area contributed by atoms with Crippen molar-refractivity contribution < 1.29 is 14.3 Å². The number of carbonyl (C=O) groups excluding carboxylic acids is 1. The number of aromatic amines is 1. The van der Waals surface area contributed by atoms with Crippen LogP contribution in [0.5, 0.6) is 5.75 Å². The van der Waals surface area contributed by atoms with E-state index in [1.807, 2.05) is 38.2 Å². The lowest BCUT2D eigenvalue weighted by atomic mass is 9.80. The zero-order valence-electron chi connectivity index (χ0n) is 16.4. The molecule has 0 atom stereocenters. The van der Waals surface area contributed by atoms with E-state index in [2.05, 4.69) is 25.7 Å². The van der Waals surface area contributed by atoms with Crippen LogP contribution in [0.15, 0.2) is 42.9 Å². The van der Waals surface area contributed by atoms with Gasteiger partial charge >= 0.3 is 5.97 Å². The van der Waals surface area contributed by atoms with Crippen molar-refractivity contribution in [3.05, 3.63) is 42.9 Å². The summed E-state index contributed by atoms with van der Waals surface area (Å²) in [5, 5.41) is 1.04. The van der Waals surface area contributed by atoms with Crippen LogP contribution in [-0.2, 0) is 16.6 Å². The minimum absolute atomic E-state index is 0.271. The molecule has 1 aromatic carbocycles. The largest absolute Gasteiger partial charge is 0.476 e. The van der Waals surface area contributed by atoms with E-state index in [1.165, 1.54) is 0 Å². The zero-order valence-corrected chi connectivity index (χ0v) is 16.4. The van der Waals surface area contributed by atoms with E-state index in [0.29, 0.717) is 25.2 Å². The van der Waals surface area contributed by atoms with Crippen LogP contribution in [0.2, 0.25) is 0 Å². The normalized spacial score (nSPS) is 15.4. The van der Waals surface area contributed by atoms with Crippen molar-refractivity contribution in [3.8, 4) is 17.0 Å². The molecule has 7 heteroatoms. The van der Waals surface area contributed by atoms with Crippen LogP contribution in [0.25, 0.3) is 33.3 Å². The van der Waals surface area contributed by atoms with Gasteiger partial charge in [-0.2, -0.15) is 0 Å². The number of esters is 1. The Bertz CT molecular complexity index is 1190. The maximum absolute atomic E-state index is 12.4. The quantitative estimate of drug-likeness (QED) is 0.521. The van der Waals surface area contributed by atoms with Crippen molar-refractivity contribution in [2.24, 2.45) is 7.05 Å². The number of carbonyl (C=O) groups is 1. The molecule has 0 spiro atoms. The maximum atomic E-state index is 12.4. The number of H-pyrrole nitrogens is 1. The van der Waals surface area contributed by atoms with Crippen LogP contribution in [0.1, 0.15) is 26.2 Å². The second-order valence-corrected chi connectivity index (χ2v) is 7.48. The van der Waals surface area contributed by atoms with Gasteiger partial charge in [0.2, 0.25) is 5.60 Å². The van der Waals surface area contributed by atoms with E-state index in [-0.39, 0.29) is 5.97 Å². The SMILES string of the molecule is CCOC(=O)C1(Oc2ccc3c(c2)c(-c2cc4nccnc4[nH]2)cn3C)CCC1. The second kappa shape index (κ2) is 6.62. The Morgan fingerprint density at radius 1 is 1.24 bits per heavy atom. The first-order chi connectivity index (χ1) is 14.1. The van der Waals surface area contributed by atoms with Gasteiger partial charge in [0.1, 0.15) is 11.3 Å². The van der Waals surface area contributed by atoms with Gasteiger partial charge in [0, 0.05) is 42.1 Å². The third-order valence-electron chi connectivity index (χ3n) is 5.63. The second-order valence-electron chi connectivity index (χ2n) is 7.48. The van der Waals surface area contributed by atoms with Gasteiger partial charge < -0.3 is 19.0 Å². The number of aromatic nitrogens is 4. The highest BCUT2D eigenvalue weighted by Gasteiger charge is 2.48. The molecule has 1 saturated carbocycles. The maximum Gasteiger partial charge on any atom is 0.350 e. The summed E-state index contributed by atoms with van der Waals surface area (Å²) in [6.07, 6.45) is 7.76. The summed E-state index contributed by atoms with van der Waals surface area (Å²) in [6, 6.07) is 7.93. The molecule has 0 radical (unpaired) electrons. The van der Waals surface area contributed by atoms with Gasteiger partial charge in [0.15, 0.2) is 5.65 Å². The van der Waals surface area contributed by atoms with Gasteiger partial charge in [-0.15, -0.1) is 0 Å².